The monoisotopic (exact) mass is 464 g/mol. The number of hydrogen-bond donors (Lipinski definition) is 1. The molecule has 0 radical (unpaired) electrons. The van der Waals surface area contributed by atoms with Crippen molar-refractivity contribution in [1.82, 2.24) is 4.90 Å². The van der Waals surface area contributed by atoms with Crippen LogP contribution in [0.4, 0.5) is 17.1 Å². The van der Waals surface area contributed by atoms with Crippen LogP contribution in [-0.2, 0) is 10.0 Å². The third-order valence-corrected chi connectivity index (χ3v) is 7.65. The van der Waals surface area contributed by atoms with E-state index in [2.05, 4.69) is 22.2 Å². The molecule has 0 bridgehead atoms. The van der Waals surface area contributed by atoms with Crippen LogP contribution in [0.3, 0.4) is 0 Å². The van der Waals surface area contributed by atoms with Gasteiger partial charge in [-0.15, -0.1) is 0 Å². The van der Waals surface area contributed by atoms with Gasteiger partial charge in [0.2, 0.25) is 0 Å². The van der Waals surface area contributed by atoms with E-state index >= 15 is 0 Å². The number of anilines is 3. The Balaban J connectivity index is 1.47. The zero-order valence-corrected chi connectivity index (χ0v) is 19.6. The molecule has 0 unspecified atom stereocenters. The molecule has 4 rings (SSSR count). The topological polar surface area (TPSA) is 73.0 Å². The van der Waals surface area contributed by atoms with Gasteiger partial charge in [-0.2, -0.15) is 0 Å². The van der Waals surface area contributed by atoms with Gasteiger partial charge in [-0.25, -0.2) is 8.42 Å². The standard InChI is InChI=1S/C25H28N4O3S/c1-27-15-17-29(18-16-27)23-13-11-21(12-14-23)26-25(30)20-7-6-10-24(19-20)33(31,32)28(2)22-8-4-3-5-9-22/h3-14,19H,15-18H2,1-2H3,(H,26,30). The lowest BCUT2D eigenvalue weighted by atomic mass is 10.2. The van der Waals surface area contributed by atoms with Gasteiger partial charge in [-0.05, 0) is 61.6 Å². The van der Waals surface area contributed by atoms with Crippen molar-refractivity contribution in [1.29, 1.82) is 0 Å². The maximum atomic E-state index is 13.1. The van der Waals surface area contributed by atoms with Gasteiger partial charge in [-0.3, -0.25) is 9.10 Å². The minimum atomic E-state index is -3.80. The number of likely N-dealkylation sites (N-methyl/N-ethyl adjacent to an activating group) is 1. The molecule has 8 heteroatoms. The molecule has 1 N–H and O–H groups in total. The van der Waals surface area contributed by atoms with Crippen LogP contribution in [0.1, 0.15) is 10.4 Å². The van der Waals surface area contributed by atoms with E-state index in [-0.39, 0.29) is 16.4 Å². The smallest absolute Gasteiger partial charge is 0.264 e. The van der Waals surface area contributed by atoms with E-state index in [4.69, 9.17) is 0 Å². The van der Waals surface area contributed by atoms with Crippen molar-refractivity contribution in [3.8, 4) is 0 Å². The lowest BCUT2D eigenvalue weighted by molar-refractivity contribution is 0.102. The molecule has 3 aromatic rings. The van der Waals surface area contributed by atoms with Crippen LogP contribution in [-0.4, -0.2) is 59.5 Å². The predicted molar refractivity (Wildman–Crippen MR) is 133 cm³/mol. The Hall–Kier alpha value is -3.36. The number of para-hydroxylation sites is 1. The highest BCUT2D eigenvalue weighted by Gasteiger charge is 2.22. The summed E-state index contributed by atoms with van der Waals surface area (Å²) in [6.45, 7) is 4.00. The quantitative estimate of drug-likeness (QED) is 0.604. The summed E-state index contributed by atoms with van der Waals surface area (Å²) >= 11 is 0. The maximum Gasteiger partial charge on any atom is 0.264 e. The van der Waals surface area contributed by atoms with E-state index in [1.807, 2.05) is 30.3 Å². The van der Waals surface area contributed by atoms with Gasteiger partial charge in [-0.1, -0.05) is 24.3 Å². The van der Waals surface area contributed by atoms with Crippen molar-refractivity contribution < 1.29 is 13.2 Å². The number of nitrogens with zero attached hydrogens (tertiary/aromatic N) is 3. The van der Waals surface area contributed by atoms with Crippen molar-refractivity contribution in [3.05, 3.63) is 84.4 Å². The fourth-order valence-corrected chi connectivity index (χ4v) is 5.00. The Morgan fingerprint density at radius 3 is 2.21 bits per heavy atom. The van der Waals surface area contributed by atoms with E-state index in [0.717, 1.165) is 31.9 Å². The highest BCUT2D eigenvalue weighted by atomic mass is 32.2. The molecule has 1 aliphatic rings. The number of piperazine rings is 1. The minimum Gasteiger partial charge on any atom is -0.369 e. The van der Waals surface area contributed by atoms with Crippen LogP contribution in [0.25, 0.3) is 0 Å². The number of amides is 1. The normalized spacial score (nSPS) is 14.7. The third kappa shape index (κ3) is 5.18. The summed E-state index contributed by atoms with van der Waals surface area (Å²) in [5, 5.41) is 2.86. The molecular formula is C25H28N4O3S. The molecule has 172 valence electrons. The molecule has 1 aliphatic heterocycles. The van der Waals surface area contributed by atoms with Crippen LogP contribution in [0.5, 0.6) is 0 Å². The lowest BCUT2D eigenvalue weighted by Gasteiger charge is -2.34. The predicted octanol–water partition coefficient (Wildman–Crippen LogP) is 3.52. The number of hydrogen-bond acceptors (Lipinski definition) is 5. The molecule has 0 aromatic heterocycles. The first-order chi connectivity index (χ1) is 15.8. The first-order valence-corrected chi connectivity index (χ1v) is 12.3. The van der Waals surface area contributed by atoms with Gasteiger partial charge in [0.25, 0.3) is 15.9 Å². The van der Waals surface area contributed by atoms with E-state index in [1.54, 1.807) is 36.4 Å². The molecule has 0 atom stereocenters. The number of nitrogens with one attached hydrogen (secondary N) is 1. The van der Waals surface area contributed by atoms with Crippen LogP contribution in [0.15, 0.2) is 83.8 Å². The Labute approximate surface area is 195 Å². The molecule has 0 spiro atoms. The van der Waals surface area contributed by atoms with Gasteiger partial charge in [0.15, 0.2) is 0 Å². The average molecular weight is 465 g/mol. The number of carbonyl (C=O) groups is 1. The van der Waals surface area contributed by atoms with Crippen LogP contribution in [0, 0.1) is 0 Å². The van der Waals surface area contributed by atoms with Gasteiger partial charge < -0.3 is 15.1 Å². The van der Waals surface area contributed by atoms with Crippen molar-refractivity contribution in [2.45, 2.75) is 4.90 Å². The molecule has 1 heterocycles. The number of rotatable bonds is 6. The molecular weight excluding hydrogens is 436 g/mol. The van der Waals surface area contributed by atoms with Crippen LogP contribution in [0.2, 0.25) is 0 Å². The molecule has 1 fully saturated rings. The molecule has 7 nitrogen and oxygen atoms in total. The SMILES string of the molecule is CN1CCN(c2ccc(NC(=O)c3cccc(S(=O)(=O)N(C)c4ccccc4)c3)cc2)CC1. The van der Waals surface area contributed by atoms with Gasteiger partial charge >= 0.3 is 0 Å². The van der Waals surface area contributed by atoms with E-state index < -0.39 is 10.0 Å². The second kappa shape index (κ2) is 9.64. The van der Waals surface area contributed by atoms with Crippen molar-refractivity contribution in [2.75, 3.05) is 54.8 Å². The number of carbonyl (C=O) groups excluding carboxylic acids is 1. The number of sulfonamides is 1. The molecule has 0 aliphatic carbocycles. The largest absolute Gasteiger partial charge is 0.369 e. The summed E-state index contributed by atoms with van der Waals surface area (Å²) in [7, 11) is -0.178. The summed E-state index contributed by atoms with van der Waals surface area (Å²) in [4.78, 5) is 17.5. The van der Waals surface area contributed by atoms with E-state index in [9.17, 15) is 13.2 Å². The first kappa shape index (κ1) is 22.8. The second-order valence-corrected chi connectivity index (χ2v) is 10.1. The van der Waals surface area contributed by atoms with Crippen LogP contribution >= 0.6 is 0 Å². The Morgan fingerprint density at radius 2 is 1.55 bits per heavy atom. The first-order valence-electron chi connectivity index (χ1n) is 10.8. The molecule has 1 amide bonds. The fraction of sp³-hybridized carbons (Fsp3) is 0.240. The molecule has 3 aromatic carbocycles. The van der Waals surface area contributed by atoms with Crippen molar-refractivity contribution in [3.63, 3.8) is 0 Å². The molecule has 1 saturated heterocycles. The van der Waals surface area contributed by atoms with Gasteiger partial charge in [0, 0.05) is 50.2 Å². The second-order valence-electron chi connectivity index (χ2n) is 8.13. The van der Waals surface area contributed by atoms with Crippen molar-refractivity contribution in [2.24, 2.45) is 0 Å². The summed E-state index contributed by atoms with van der Waals surface area (Å²) < 4.78 is 27.3. The highest BCUT2D eigenvalue weighted by molar-refractivity contribution is 7.92. The Kier molecular flexibility index (Phi) is 6.67. The minimum absolute atomic E-state index is 0.0620. The Bertz CT molecular complexity index is 1210. The number of benzene rings is 3. The third-order valence-electron chi connectivity index (χ3n) is 5.87. The van der Waals surface area contributed by atoms with Crippen molar-refractivity contribution >= 4 is 33.0 Å². The van der Waals surface area contributed by atoms with Crippen LogP contribution < -0.4 is 14.5 Å². The summed E-state index contributed by atoms with van der Waals surface area (Å²) in [5.74, 6) is -0.359. The maximum absolute atomic E-state index is 13.1. The Morgan fingerprint density at radius 1 is 0.879 bits per heavy atom. The fourth-order valence-electron chi connectivity index (χ4n) is 3.76. The highest BCUT2D eigenvalue weighted by Crippen LogP contribution is 2.23. The average Bonchev–Trinajstić information content (AvgIpc) is 2.85. The summed E-state index contributed by atoms with van der Waals surface area (Å²) in [6, 6.07) is 22.6. The summed E-state index contributed by atoms with van der Waals surface area (Å²) in [5.41, 5.74) is 2.61. The lowest BCUT2D eigenvalue weighted by Crippen LogP contribution is -2.44. The summed E-state index contributed by atoms with van der Waals surface area (Å²) in [6.07, 6.45) is 0. The van der Waals surface area contributed by atoms with Gasteiger partial charge in [0.05, 0.1) is 10.6 Å². The zero-order valence-electron chi connectivity index (χ0n) is 18.8. The van der Waals surface area contributed by atoms with E-state index in [1.165, 1.54) is 23.5 Å². The molecule has 0 saturated carbocycles. The van der Waals surface area contributed by atoms with E-state index in [0.29, 0.717) is 11.4 Å². The zero-order chi connectivity index (χ0) is 23.4. The van der Waals surface area contributed by atoms with Gasteiger partial charge in [0.1, 0.15) is 0 Å². The molecule has 33 heavy (non-hydrogen) atoms.